The molecular formula is C25H20BrN2O4-. The Balaban J connectivity index is 1.86. The Bertz CT molecular complexity index is 1130. The molecule has 0 aliphatic rings. The van der Waals surface area contributed by atoms with Crippen LogP contribution in [-0.2, 0) is 16.0 Å². The molecule has 162 valence electrons. The van der Waals surface area contributed by atoms with Gasteiger partial charge in [0.1, 0.15) is 5.70 Å². The molecule has 0 spiro atoms. The van der Waals surface area contributed by atoms with Crippen molar-refractivity contribution in [3.05, 3.63) is 112 Å². The zero-order valence-corrected chi connectivity index (χ0v) is 18.5. The average molecular weight is 492 g/mol. The standard InChI is InChI=1S/C25H21BrN2O4/c26-20-13-7-10-18(14-20)16-21(27-23(29)19-11-5-2-6-12-19)24(30)28-22(25(31)32)15-17-8-3-1-4-9-17/h1-14,16,22H,15H2,(H,27,29)(H,28,30)(H,31,32)/p-1/b21-16-/t22-/m0/s1. The lowest BCUT2D eigenvalue weighted by molar-refractivity contribution is -0.308. The molecule has 0 saturated carbocycles. The SMILES string of the molecule is O=C(N[C@@H](Cc1ccccc1)C(=O)[O-])/C(=C/c1cccc(Br)c1)NC(=O)c1ccccc1. The van der Waals surface area contributed by atoms with Crippen LogP contribution in [0.1, 0.15) is 21.5 Å². The highest BCUT2D eigenvalue weighted by atomic mass is 79.9. The first-order valence-electron chi connectivity index (χ1n) is 9.81. The maximum Gasteiger partial charge on any atom is 0.268 e. The Morgan fingerprint density at radius 3 is 2.19 bits per heavy atom. The molecule has 0 aliphatic heterocycles. The molecule has 3 rings (SSSR count). The fourth-order valence-corrected chi connectivity index (χ4v) is 3.40. The van der Waals surface area contributed by atoms with Crippen molar-refractivity contribution in [1.82, 2.24) is 10.6 Å². The Kier molecular flexibility index (Phi) is 7.94. The second-order valence-corrected chi connectivity index (χ2v) is 7.88. The molecule has 0 heterocycles. The quantitative estimate of drug-likeness (QED) is 0.473. The van der Waals surface area contributed by atoms with Crippen LogP contribution in [0.3, 0.4) is 0 Å². The molecular weight excluding hydrogens is 472 g/mol. The van der Waals surface area contributed by atoms with Gasteiger partial charge < -0.3 is 20.5 Å². The van der Waals surface area contributed by atoms with Crippen molar-refractivity contribution in [2.24, 2.45) is 0 Å². The number of carbonyl (C=O) groups excluding carboxylic acids is 3. The number of hydrogen-bond donors (Lipinski definition) is 2. The first-order valence-corrected chi connectivity index (χ1v) is 10.6. The monoisotopic (exact) mass is 491 g/mol. The second kappa shape index (κ2) is 11.1. The lowest BCUT2D eigenvalue weighted by Gasteiger charge is -2.21. The first kappa shape index (κ1) is 23.0. The average Bonchev–Trinajstić information content (AvgIpc) is 2.79. The van der Waals surface area contributed by atoms with Crippen molar-refractivity contribution in [2.75, 3.05) is 0 Å². The number of hydrogen-bond acceptors (Lipinski definition) is 4. The lowest BCUT2D eigenvalue weighted by atomic mass is 10.1. The van der Waals surface area contributed by atoms with E-state index in [1.807, 2.05) is 12.1 Å². The van der Waals surface area contributed by atoms with E-state index in [1.165, 1.54) is 6.08 Å². The number of aliphatic carboxylic acids is 1. The minimum atomic E-state index is -1.42. The van der Waals surface area contributed by atoms with Crippen LogP contribution < -0.4 is 15.7 Å². The van der Waals surface area contributed by atoms with E-state index in [4.69, 9.17) is 0 Å². The largest absolute Gasteiger partial charge is 0.548 e. The minimum Gasteiger partial charge on any atom is -0.548 e. The van der Waals surface area contributed by atoms with Crippen molar-refractivity contribution in [2.45, 2.75) is 12.5 Å². The number of carboxylic acid groups (broad SMARTS) is 1. The van der Waals surface area contributed by atoms with Crippen molar-refractivity contribution < 1.29 is 19.5 Å². The Morgan fingerprint density at radius 2 is 1.56 bits per heavy atom. The highest BCUT2D eigenvalue weighted by molar-refractivity contribution is 9.10. The number of amides is 2. The van der Waals surface area contributed by atoms with Gasteiger partial charge in [0.15, 0.2) is 0 Å². The van der Waals surface area contributed by atoms with E-state index in [2.05, 4.69) is 26.6 Å². The predicted molar refractivity (Wildman–Crippen MR) is 123 cm³/mol. The molecule has 0 aromatic heterocycles. The van der Waals surface area contributed by atoms with Gasteiger partial charge in [-0.15, -0.1) is 0 Å². The third kappa shape index (κ3) is 6.65. The molecule has 2 amide bonds. The van der Waals surface area contributed by atoms with Gasteiger partial charge >= 0.3 is 0 Å². The number of carbonyl (C=O) groups is 3. The molecule has 0 radical (unpaired) electrons. The Morgan fingerprint density at radius 1 is 0.906 bits per heavy atom. The predicted octanol–water partition coefficient (Wildman–Crippen LogP) is 2.70. The maximum absolute atomic E-state index is 13.0. The van der Waals surface area contributed by atoms with Crippen LogP contribution >= 0.6 is 15.9 Å². The maximum atomic E-state index is 13.0. The number of carboxylic acids is 1. The third-order valence-electron chi connectivity index (χ3n) is 4.56. The molecule has 0 aliphatic carbocycles. The molecule has 6 nitrogen and oxygen atoms in total. The molecule has 0 bridgehead atoms. The summed E-state index contributed by atoms with van der Waals surface area (Å²) in [5, 5.41) is 16.7. The van der Waals surface area contributed by atoms with E-state index < -0.39 is 23.8 Å². The van der Waals surface area contributed by atoms with E-state index in [1.54, 1.807) is 72.8 Å². The van der Waals surface area contributed by atoms with Gasteiger partial charge in [0, 0.05) is 10.0 Å². The summed E-state index contributed by atoms with van der Waals surface area (Å²) in [6.45, 7) is 0. The van der Waals surface area contributed by atoms with Crippen molar-refractivity contribution in [3.63, 3.8) is 0 Å². The highest BCUT2D eigenvalue weighted by Gasteiger charge is 2.19. The summed E-state index contributed by atoms with van der Waals surface area (Å²) in [7, 11) is 0. The highest BCUT2D eigenvalue weighted by Crippen LogP contribution is 2.15. The molecule has 0 unspecified atom stereocenters. The first-order chi connectivity index (χ1) is 15.4. The van der Waals surface area contributed by atoms with Gasteiger partial charge in [0.2, 0.25) is 0 Å². The van der Waals surface area contributed by atoms with E-state index in [0.29, 0.717) is 11.1 Å². The fraction of sp³-hybridized carbons (Fsp3) is 0.0800. The number of benzene rings is 3. The summed E-state index contributed by atoms with van der Waals surface area (Å²) in [6.07, 6.45) is 1.53. The minimum absolute atomic E-state index is 0.0473. The normalized spacial score (nSPS) is 12.0. The van der Waals surface area contributed by atoms with Gasteiger partial charge in [-0.05, 0) is 47.9 Å². The number of rotatable bonds is 8. The summed E-state index contributed by atoms with van der Waals surface area (Å²) < 4.78 is 0.789. The summed E-state index contributed by atoms with van der Waals surface area (Å²) in [5.41, 5.74) is 1.65. The zero-order valence-electron chi connectivity index (χ0n) is 17.0. The summed E-state index contributed by atoms with van der Waals surface area (Å²) in [4.78, 5) is 37.3. The van der Waals surface area contributed by atoms with E-state index in [-0.39, 0.29) is 12.1 Å². The number of halogens is 1. The van der Waals surface area contributed by atoms with Crippen LogP contribution in [0.4, 0.5) is 0 Å². The second-order valence-electron chi connectivity index (χ2n) is 6.97. The van der Waals surface area contributed by atoms with Crippen molar-refractivity contribution in [1.29, 1.82) is 0 Å². The van der Waals surface area contributed by atoms with Gasteiger partial charge in [0.25, 0.3) is 11.8 Å². The van der Waals surface area contributed by atoms with Gasteiger partial charge in [0.05, 0.1) is 12.0 Å². The van der Waals surface area contributed by atoms with Crippen molar-refractivity contribution in [3.8, 4) is 0 Å². The molecule has 7 heteroatoms. The molecule has 2 N–H and O–H groups in total. The van der Waals surface area contributed by atoms with Crippen molar-refractivity contribution >= 4 is 39.8 Å². The Hall–Kier alpha value is -3.71. The zero-order chi connectivity index (χ0) is 22.9. The smallest absolute Gasteiger partial charge is 0.268 e. The van der Waals surface area contributed by atoms with Crippen LogP contribution in [0.2, 0.25) is 0 Å². The van der Waals surface area contributed by atoms with Crippen LogP contribution in [0, 0.1) is 0 Å². The molecule has 0 fully saturated rings. The van der Waals surface area contributed by atoms with Gasteiger partial charge in [-0.25, -0.2) is 0 Å². The lowest BCUT2D eigenvalue weighted by Crippen LogP contribution is -2.50. The molecule has 32 heavy (non-hydrogen) atoms. The van der Waals surface area contributed by atoms with Gasteiger partial charge in [-0.3, -0.25) is 9.59 Å². The summed E-state index contributed by atoms with van der Waals surface area (Å²) in [6, 6.07) is 23.2. The van der Waals surface area contributed by atoms with Crippen LogP contribution in [-0.4, -0.2) is 23.8 Å². The molecule has 1 atom stereocenters. The fourth-order valence-electron chi connectivity index (χ4n) is 2.98. The van der Waals surface area contributed by atoms with E-state index in [9.17, 15) is 19.5 Å². The summed E-state index contributed by atoms with van der Waals surface area (Å²) >= 11 is 3.37. The van der Waals surface area contributed by atoms with E-state index >= 15 is 0 Å². The van der Waals surface area contributed by atoms with Crippen LogP contribution in [0.15, 0.2) is 95.1 Å². The van der Waals surface area contributed by atoms with Gasteiger partial charge in [-0.1, -0.05) is 76.6 Å². The molecule has 3 aromatic carbocycles. The van der Waals surface area contributed by atoms with Gasteiger partial charge in [-0.2, -0.15) is 0 Å². The van der Waals surface area contributed by atoms with Crippen LogP contribution in [0.25, 0.3) is 6.08 Å². The molecule has 3 aromatic rings. The van der Waals surface area contributed by atoms with Crippen LogP contribution in [0.5, 0.6) is 0 Å². The topological polar surface area (TPSA) is 98.3 Å². The van der Waals surface area contributed by atoms with E-state index in [0.717, 1.165) is 10.0 Å². The molecule has 0 saturated heterocycles. The Labute approximate surface area is 194 Å². The third-order valence-corrected chi connectivity index (χ3v) is 5.05. The number of nitrogens with one attached hydrogen (secondary N) is 2. The summed E-state index contributed by atoms with van der Waals surface area (Å²) in [5.74, 6) is -2.65.